The van der Waals surface area contributed by atoms with Gasteiger partial charge in [-0.15, -0.1) is 0 Å². The molecule has 6 N–H and O–H groups in total. The van der Waals surface area contributed by atoms with Crippen LogP contribution in [-0.4, -0.2) is 58.9 Å². The van der Waals surface area contributed by atoms with E-state index in [4.69, 9.17) is 11.5 Å². The molecule has 2 aliphatic rings. The molecule has 1 unspecified atom stereocenters. The largest absolute Gasteiger partial charge is 0.361 e. The van der Waals surface area contributed by atoms with Crippen molar-refractivity contribution in [2.45, 2.75) is 37.3 Å². The standard InChI is InChI=1S/C26H30N6O3/c27-14-23(33)30-21(12-18-15-29-20-8-3-2-7-19(18)20)24(34)31-11-5-10-26(16-31)13-17-6-1-4-9-22(17)32(26)25(28)35/h1-4,6-9,15,21,29H,5,10-14,16,27H2,(H2,28,35)(H,30,33)/t21-,26?/m1/s1. The van der Waals surface area contributed by atoms with E-state index in [1.54, 1.807) is 9.80 Å². The maximum Gasteiger partial charge on any atom is 0.319 e. The zero-order valence-electron chi connectivity index (χ0n) is 19.5. The van der Waals surface area contributed by atoms with Crippen LogP contribution in [0.25, 0.3) is 10.9 Å². The van der Waals surface area contributed by atoms with Crippen molar-refractivity contribution in [1.82, 2.24) is 15.2 Å². The van der Waals surface area contributed by atoms with Crippen LogP contribution in [0.4, 0.5) is 10.5 Å². The number of H-pyrrole nitrogens is 1. The Kier molecular flexibility index (Phi) is 5.94. The molecule has 0 saturated carbocycles. The Labute approximate surface area is 203 Å². The van der Waals surface area contributed by atoms with Crippen LogP contribution < -0.4 is 21.7 Å². The number of rotatable bonds is 5. The summed E-state index contributed by atoms with van der Waals surface area (Å²) in [5, 5.41) is 3.83. The van der Waals surface area contributed by atoms with Gasteiger partial charge in [-0.2, -0.15) is 0 Å². The van der Waals surface area contributed by atoms with Gasteiger partial charge in [-0.1, -0.05) is 36.4 Å². The number of likely N-dealkylation sites (tertiary alicyclic amines) is 1. The lowest BCUT2D eigenvalue weighted by Gasteiger charge is -2.46. The molecular formula is C26H30N6O3. The van der Waals surface area contributed by atoms with Crippen LogP contribution in [0.2, 0.25) is 0 Å². The molecule has 4 amide bonds. The quantitative estimate of drug-likeness (QED) is 0.447. The number of aromatic nitrogens is 1. The van der Waals surface area contributed by atoms with Gasteiger partial charge in [0.15, 0.2) is 0 Å². The predicted molar refractivity (Wildman–Crippen MR) is 134 cm³/mol. The smallest absolute Gasteiger partial charge is 0.319 e. The number of benzene rings is 2. The number of anilines is 1. The molecule has 1 spiro atoms. The summed E-state index contributed by atoms with van der Waals surface area (Å²) in [5.74, 6) is -0.571. The number of urea groups is 1. The van der Waals surface area contributed by atoms with Gasteiger partial charge in [0.05, 0.1) is 12.1 Å². The van der Waals surface area contributed by atoms with Gasteiger partial charge in [-0.05, 0) is 42.5 Å². The molecule has 9 nitrogen and oxygen atoms in total. The van der Waals surface area contributed by atoms with Crippen molar-refractivity contribution >= 4 is 34.4 Å². The van der Waals surface area contributed by atoms with E-state index < -0.39 is 17.6 Å². The number of nitrogens with two attached hydrogens (primary N) is 2. The van der Waals surface area contributed by atoms with Crippen LogP contribution in [-0.2, 0) is 22.4 Å². The van der Waals surface area contributed by atoms with Gasteiger partial charge < -0.3 is 26.7 Å². The summed E-state index contributed by atoms with van der Waals surface area (Å²) in [6.07, 6.45) is 4.32. The molecule has 35 heavy (non-hydrogen) atoms. The summed E-state index contributed by atoms with van der Waals surface area (Å²) in [5.41, 5.74) is 14.6. The van der Waals surface area contributed by atoms with Gasteiger partial charge in [0.2, 0.25) is 11.8 Å². The molecule has 3 aromatic rings. The van der Waals surface area contributed by atoms with Gasteiger partial charge in [-0.25, -0.2) is 4.79 Å². The number of aromatic amines is 1. The zero-order chi connectivity index (χ0) is 24.6. The van der Waals surface area contributed by atoms with Crippen LogP contribution in [0.15, 0.2) is 54.7 Å². The maximum atomic E-state index is 13.8. The van der Waals surface area contributed by atoms with E-state index in [-0.39, 0.29) is 18.4 Å². The van der Waals surface area contributed by atoms with Gasteiger partial charge in [0.25, 0.3) is 0 Å². The minimum Gasteiger partial charge on any atom is -0.361 e. The van der Waals surface area contributed by atoms with E-state index >= 15 is 0 Å². The first-order chi connectivity index (χ1) is 16.9. The lowest BCUT2D eigenvalue weighted by Crippen LogP contribution is -2.63. The summed E-state index contributed by atoms with van der Waals surface area (Å²) in [6.45, 7) is 0.700. The minimum absolute atomic E-state index is 0.184. The Morgan fingerprint density at radius 2 is 1.89 bits per heavy atom. The number of para-hydroxylation sites is 2. The number of piperidine rings is 1. The highest BCUT2D eigenvalue weighted by molar-refractivity contribution is 5.96. The molecular weight excluding hydrogens is 444 g/mol. The molecule has 1 aromatic heterocycles. The Morgan fingerprint density at radius 3 is 2.69 bits per heavy atom. The Hall–Kier alpha value is -3.85. The Morgan fingerprint density at radius 1 is 1.11 bits per heavy atom. The lowest BCUT2D eigenvalue weighted by molar-refractivity contribution is -0.138. The molecule has 1 fully saturated rings. The molecule has 0 bridgehead atoms. The van der Waals surface area contributed by atoms with Crippen molar-refractivity contribution in [2.75, 3.05) is 24.5 Å². The summed E-state index contributed by atoms with van der Waals surface area (Å²) in [4.78, 5) is 45.3. The molecule has 0 aliphatic carbocycles. The Balaban J connectivity index is 1.42. The molecule has 182 valence electrons. The van der Waals surface area contributed by atoms with E-state index in [1.165, 1.54) is 0 Å². The lowest BCUT2D eigenvalue weighted by atomic mass is 9.85. The van der Waals surface area contributed by atoms with Gasteiger partial charge >= 0.3 is 6.03 Å². The molecule has 2 aliphatic heterocycles. The van der Waals surface area contributed by atoms with Gasteiger partial charge in [0.1, 0.15) is 6.04 Å². The van der Waals surface area contributed by atoms with E-state index in [1.807, 2.05) is 54.7 Å². The predicted octanol–water partition coefficient (Wildman–Crippen LogP) is 1.66. The second-order valence-corrected chi connectivity index (χ2v) is 9.45. The normalized spacial score (nSPS) is 20.1. The zero-order valence-corrected chi connectivity index (χ0v) is 19.5. The molecule has 0 radical (unpaired) electrons. The van der Waals surface area contributed by atoms with Crippen molar-refractivity contribution in [3.63, 3.8) is 0 Å². The van der Waals surface area contributed by atoms with Crippen molar-refractivity contribution in [3.8, 4) is 0 Å². The number of carbonyl (C=O) groups is 3. The monoisotopic (exact) mass is 474 g/mol. The molecule has 3 heterocycles. The maximum absolute atomic E-state index is 13.8. The number of hydrogen-bond acceptors (Lipinski definition) is 4. The summed E-state index contributed by atoms with van der Waals surface area (Å²) in [6, 6.07) is 14.3. The van der Waals surface area contributed by atoms with Crippen LogP contribution >= 0.6 is 0 Å². The first-order valence-electron chi connectivity index (χ1n) is 11.9. The number of nitrogens with zero attached hydrogens (tertiary/aromatic N) is 2. The fourth-order valence-corrected chi connectivity index (χ4v) is 5.74. The van der Waals surface area contributed by atoms with Gasteiger partial charge in [0, 0.05) is 42.3 Å². The highest BCUT2D eigenvalue weighted by Crippen LogP contribution is 2.43. The summed E-state index contributed by atoms with van der Waals surface area (Å²) in [7, 11) is 0. The fraction of sp³-hybridized carbons (Fsp3) is 0.346. The summed E-state index contributed by atoms with van der Waals surface area (Å²) < 4.78 is 0. The van der Waals surface area contributed by atoms with Crippen LogP contribution in [0, 0.1) is 0 Å². The van der Waals surface area contributed by atoms with Crippen LogP contribution in [0.5, 0.6) is 0 Å². The van der Waals surface area contributed by atoms with E-state index in [9.17, 15) is 14.4 Å². The third-order valence-corrected chi connectivity index (χ3v) is 7.23. The second kappa shape index (κ2) is 9.07. The molecule has 5 rings (SSSR count). The minimum atomic E-state index is -0.772. The van der Waals surface area contributed by atoms with Gasteiger partial charge in [-0.3, -0.25) is 14.5 Å². The highest BCUT2D eigenvalue weighted by atomic mass is 16.2. The van der Waals surface area contributed by atoms with Crippen LogP contribution in [0.1, 0.15) is 24.0 Å². The van der Waals surface area contributed by atoms with E-state index in [2.05, 4.69) is 10.3 Å². The van der Waals surface area contributed by atoms with Crippen molar-refractivity contribution < 1.29 is 14.4 Å². The third-order valence-electron chi connectivity index (χ3n) is 7.23. The molecule has 1 saturated heterocycles. The molecule has 9 heteroatoms. The van der Waals surface area contributed by atoms with Crippen molar-refractivity contribution in [3.05, 3.63) is 65.9 Å². The fourth-order valence-electron chi connectivity index (χ4n) is 5.74. The number of hydrogen-bond donors (Lipinski definition) is 4. The molecule has 2 aromatic carbocycles. The first-order valence-corrected chi connectivity index (χ1v) is 11.9. The number of fused-ring (bicyclic) bond motifs is 2. The highest BCUT2D eigenvalue weighted by Gasteiger charge is 2.49. The summed E-state index contributed by atoms with van der Waals surface area (Å²) >= 11 is 0. The number of carbonyl (C=O) groups excluding carboxylic acids is 3. The van der Waals surface area contributed by atoms with Crippen molar-refractivity contribution in [2.24, 2.45) is 11.5 Å². The SMILES string of the molecule is NCC(=O)N[C@H](Cc1c[nH]c2ccccc12)C(=O)N1CCCC2(Cc3ccccc3N2C(N)=O)C1. The second-order valence-electron chi connectivity index (χ2n) is 9.45. The Bertz CT molecular complexity index is 1290. The van der Waals surface area contributed by atoms with Crippen LogP contribution in [0.3, 0.4) is 0 Å². The molecule has 2 atom stereocenters. The van der Waals surface area contributed by atoms with Crippen molar-refractivity contribution in [1.29, 1.82) is 0 Å². The number of primary amides is 1. The average Bonchev–Trinajstić information content (AvgIpc) is 3.41. The van der Waals surface area contributed by atoms with E-state index in [0.717, 1.165) is 40.6 Å². The third kappa shape index (κ3) is 4.12. The number of amides is 4. The van der Waals surface area contributed by atoms with E-state index in [0.29, 0.717) is 25.9 Å². The topological polar surface area (TPSA) is 138 Å². The number of nitrogens with one attached hydrogen (secondary N) is 2. The average molecular weight is 475 g/mol. The first kappa shape index (κ1) is 22.9.